The Bertz CT molecular complexity index is 177. The van der Waals surface area contributed by atoms with E-state index in [4.69, 9.17) is 5.73 Å². The summed E-state index contributed by atoms with van der Waals surface area (Å²) < 4.78 is 0. The second kappa shape index (κ2) is 2.91. The van der Waals surface area contributed by atoms with Crippen molar-refractivity contribution in [2.24, 2.45) is 11.7 Å². The highest BCUT2D eigenvalue weighted by molar-refractivity contribution is 5.26. The highest BCUT2D eigenvalue weighted by Gasteiger charge is 2.07. The fourth-order valence-corrected chi connectivity index (χ4v) is 1.39. The van der Waals surface area contributed by atoms with E-state index in [1.165, 1.54) is 12.0 Å². The summed E-state index contributed by atoms with van der Waals surface area (Å²) in [5.74, 6) is 0.639. The van der Waals surface area contributed by atoms with Crippen molar-refractivity contribution in [1.29, 1.82) is 0 Å². The highest BCUT2D eigenvalue weighted by Crippen LogP contribution is 2.21. The molecule has 0 saturated heterocycles. The average molecular weight is 137 g/mol. The van der Waals surface area contributed by atoms with Crippen molar-refractivity contribution < 1.29 is 0 Å². The van der Waals surface area contributed by atoms with E-state index in [-0.39, 0.29) is 0 Å². The first-order valence-electron chi connectivity index (χ1n) is 3.89. The van der Waals surface area contributed by atoms with Gasteiger partial charge >= 0.3 is 0 Å². The van der Waals surface area contributed by atoms with E-state index in [1.807, 2.05) is 0 Å². The predicted molar refractivity (Wildman–Crippen MR) is 44.4 cm³/mol. The smallest absolute Gasteiger partial charge is 0.0275 e. The van der Waals surface area contributed by atoms with Crippen LogP contribution in [0.25, 0.3) is 0 Å². The second-order valence-corrected chi connectivity index (χ2v) is 3.00. The summed E-state index contributed by atoms with van der Waals surface area (Å²) in [6.07, 6.45) is 6.55. The molecule has 0 aromatic heterocycles. The van der Waals surface area contributed by atoms with Gasteiger partial charge in [0.25, 0.3) is 0 Å². The van der Waals surface area contributed by atoms with Gasteiger partial charge in [0, 0.05) is 5.70 Å². The van der Waals surface area contributed by atoms with Crippen molar-refractivity contribution in [2.75, 3.05) is 0 Å². The third-order valence-electron chi connectivity index (χ3n) is 1.89. The lowest BCUT2D eigenvalue weighted by Gasteiger charge is -2.15. The van der Waals surface area contributed by atoms with Gasteiger partial charge in [-0.05, 0) is 24.8 Å². The van der Waals surface area contributed by atoms with Crippen molar-refractivity contribution >= 4 is 0 Å². The Morgan fingerprint density at radius 3 is 2.90 bits per heavy atom. The Balaban J connectivity index is 2.70. The number of hydrogen-bond donors (Lipinski definition) is 1. The zero-order chi connectivity index (χ0) is 7.56. The summed E-state index contributed by atoms with van der Waals surface area (Å²) in [5.41, 5.74) is 8.10. The van der Waals surface area contributed by atoms with E-state index in [9.17, 15) is 0 Å². The molecule has 0 aromatic rings. The van der Waals surface area contributed by atoms with Gasteiger partial charge in [0.15, 0.2) is 0 Å². The number of allylic oxidation sites excluding steroid dienone is 3. The number of rotatable bonds is 1. The molecule has 10 heavy (non-hydrogen) atoms. The quantitative estimate of drug-likeness (QED) is 0.589. The zero-order valence-corrected chi connectivity index (χ0v) is 6.72. The Morgan fingerprint density at radius 1 is 1.70 bits per heavy atom. The molecular formula is C9H15N. The Hall–Kier alpha value is -0.720. The maximum absolute atomic E-state index is 5.68. The first-order chi connectivity index (χ1) is 4.72. The number of nitrogens with two attached hydrogens (primary N) is 1. The number of hydrogen-bond acceptors (Lipinski definition) is 1. The van der Waals surface area contributed by atoms with Gasteiger partial charge in [-0.2, -0.15) is 0 Å². The van der Waals surface area contributed by atoms with Gasteiger partial charge in [0.1, 0.15) is 0 Å². The lowest BCUT2D eigenvalue weighted by molar-refractivity contribution is 0.681. The molecule has 1 unspecified atom stereocenters. The molecular weight excluding hydrogens is 122 g/mol. The van der Waals surface area contributed by atoms with E-state index in [0.29, 0.717) is 5.92 Å². The molecule has 0 bridgehead atoms. The van der Waals surface area contributed by atoms with Crippen LogP contribution in [0.1, 0.15) is 26.7 Å². The molecule has 0 fully saturated rings. The minimum Gasteiger partial charge on any atom is -0.399 e. The second-order valence-electron chi connectivity index (χ2n) is 3.00. The van der Waals surface area contributed by atoms with Crippen LogP contribution in [0.5, 0.6) is 0 Å². The van der Waals surface area contributed by atoms with Gasteiger partial charge < -0.3 is 5.73 Å². The Labute approximate surface area is 62.6 Å². The zero-order valence-electron chi connectivity index (χ0n) is 6.72. The lowest BCUT2D eigenvalue weighted by Crippen LogP contribution is -2.06. The SMILES string of the molecule is CCC1=CC(N)=CC(C)C1. The van der Waals surface area contributed by atoms with Gasteiger partial charge in [-0.3, -0.25) is 0 Å². The largest absolute Gasteiger partial charge is 0.399 e. The lowest BCUT2D eigenvalue weighted by atomic mass is 9.93. The Morgan fingerprint density at radius 2 is 2.40 bits per heavy atom. The molecule has 56 valence electrons. The fourth-order valence-electron chi connectivity index (χ4n) is 1.39. The summed E-state index contributed by atoms with van der Waals surface area (Å²) >= 11 is 0. The van der Waals surface area contributed by atoms with Crippen LogP contribution in [0.15, 0.2) is 23.4 Å². The molecule has 1 atom stereocenters. The van der Waals surface area contributed by atoms with Crippen LogP contribution in [-0.2, 0) is 0 Å². The van der Waals surface area contributed by atoms with Crippen molar-refractivity contribution in [2.45, 2.75) is 26.7 Å². The maximum Gasteiger partial charge on any atom is 0.0275 e. The molecule has 1 rings (SSSR count). The van der Waals surface area contributed by atoms with Crippen LogP contribution in [0.2, 0.25) is 0 Å². The summed E-state index contributed by atoms with van der Waals surface area (Å²) in [6.45, 7) is 4.38. The van der Waals surface area contributed by atoms with E-state index >= 15 is 0 Å². The van der Waals surface area contributed by atoms with Crippen molar-refractivity contribution in [3.05, 3.63) is 23.4 Å². The standard InChI is InChI=1S/C9H15N/c1-3-8-4-7(2)5-9(10)6-8/h5-7H,3-4,10H2,1-2H3. The van der Waals surface area contributed by atoms with Crippen molar-refractivity contribution in [3.8, 4) is 0 Å². The first-order valence-corrected chi connectivity index (χ1v) is 3.89. The van der Waals surface area contributed by atoms with E-state index < -0.39 is 0 Å². The van der Waals surface area contributed by atoms with Crippen LogP contribution in [-0.4, -0.2) is 0 Å². The minimum atomic E-state index is 0.639. The molecule has 0 spiro atoms. The fraction of sp³-hybridized carbons (Fsp3) is 0.556. The van der Waals surface area contributed by atoms with Gasteiger partial charge in [-0.15, -0.1) is 0 Å². The molecule has 0 heterocycles. The summed E-state index contributed by atoms with van der Waals surface area (Å²) in [7, 11) is 0. The van der Waals surface area contributed by atoms with E-state index in [2.05, 4.69) is 26.0 Å². The minimum absolute atomic E-state index is 0.639. The van der Waals surface area contributed by atoms with Crippen LogP contribution >= 0.6 is 0 Å². The van der Waals surface area contributed by atoms with Crippen molar-refractivity contribution in [1.82, 2.24) is 0 Å². The predicted octanol–water partition coefficient (Wildman–Crippen LogP) is 2.21. The van der Waals surface area contributed by atoms with Gasteiger partial charge in [-0.1, -0.05) is 25.5 Å². The Kier molecular flexibility index (Phi) is 2.15. The summed E-state index contributed by atoms with van der Waals surface area (Å²) in [4.78, 5) is 0. The van der Waals surface area contributed by atoms with Crippen LogP contribution in [0.4, 0.5) is 0 Å². The third-order valence-corrected chi connectivity index (χ3v) is 1.89. The van der Waals surface area contributed by atoms with Gasteiger partial charge in [-0.25, -0.2) is 0 Å². The summed E-state index contributed by atoms with van der Waals surface area (Å²) in [5, 5.41) is 0. The molecule has 1 nitrogen and oxygen atoms in total. The van der Waals surface area contributed by atoms with Gasteiger partial charge in [0.05, 0.1) is 0 Å². The van der Waals surface area contributed by atoms with E-state index in [0.717, 1.165) is 12.1 Å². The maximum atomic E-state index is 5.68. The van der Waals surface area contributed by atoms with Crippen LogP contribution in [0.3, 0.4) is 0 Å². The molecule has 1 aliphatic carbocycles. The highest BCUT2D eigenvalue weighted by atomic mass is 14.6. The topological polar surface area (TPSA) is 26.0 Å². The summed E-state index contributed by atoms with van der Waals surface area (Å²) in [6, 6.07) is 0. The molecule has 1 heteroatoms. The van der Waals surface area contributed by atoms with E-state index in [1.54, 1.807) is 0 Å². The molecule has 1 aliphatic rings. The molecule has 0 saturated carbocycles. The molecule has 0 amide bonds. The average Bonchev–Trinajstić information content (AvgIpc) is 1.85. The molecule has 0 aliphatic heterocycles. The molecule has 0 aromatic carbocycles. The van der Waals surface area contributed by atoms with Crippen LogP contribution < -0.4 is 5.73 Å². The van der Waals surface area contributed by atoms with Gasteiger partial charge in [0.2, 0.25) is 0 Å². The van der Waals surface area contributed by atoms with Crippen LogP contribution in [0, 0.1) is 5.92 Å². The van der Waals surface area contributed by atoms with Crippen molar-refractivity contribution in [3.63, 3.8) is 0 Å². The third kappa shape index (κ3) is 1.63. The molecule has 0 radical (unpaired) electrons. The monoisotopic (exact) mass is 137 g/mol. The molecule has 2 N–H and O–H groups in total. The first kappa shape index (κ1) is 7.39. The normalized spacial score (nSPS) is 25.6.